The predicted molar refractivity (Wildman–Crippen MR) is 81.4 cm³/mol. The van der Waals surface area contributed by atoms with Crippen molar-refractivity contribution >= 4 is 0 Å². The van der Waals surface area contributed by atoms with Gasteiger partial charge in [-0.05, 0) is 54.2 Å². The minimum Gasteiger partial charge on any atom is -0.0622 e. The Labute approximate surface area is 116 Å². The molecule has 2 unspecified atom stereocenters. The monoisotopic (exact) mass is 250 g/mol. The molecule has 0 aromatic heterocycles. The molecule has 0 saturated carbocycles. The van der Waals surface area contributed by atoms with Crippen LogP contribution in [0.2, 0.25) is 0 Å². The fourth-order valence-corrected chi connectivity index (χ4v) is 3.39. The van der Waals surface area contributed by atoms with Crippen LogP contribution < -0.4 is 0 Å². The SMILES string of the molecule is CC(CC1CCc2ccccc2C1)c1ccccc1. The second-order valence-electron chi connectivity index (χ2n) is 5.92. The summed E-state index contributed by atoms with van der Waals surface area (Å²) in [7, 11) is 0. The molecular formula is C19H22. The maximum absolute atomic E-state index is 2.37. The molecule has 0 heteroatoms. The topological polar surface area (TPSA) is 0 Å². The number of fused-ring (bicyclic) bond motifs is 1. The summed E-state index contributed by atoms with van der Waals surface area (Å²) in [5.74, 6) is 1.53. The molecule has 98 valence electrons. The molecule has 0 radical (unpaired) electrons. The van der Waals surface area contributed by atoms with Gasteiger partial charge < -0.3 is 0 Å². The molecule has 0 saturated heterocycles. The Kier molecular flexibility index (Phi) is 3.68. The van der Waals surface area contributed by atoms with Gasteiger partial charge in [0, 0.05) is 0 Å². The van der Waals surface area contributed by atoms with Crippen LogP contribution in [0.15, 0.2) is 54.6 Å². The van der Waals surface area contributed by atoms with Gasteiger partial charge >= 0.3 is 0 Å². The quantitative estimate of drug-likeness (QED) is 0.720. The lowest BCUT2D eigenvalue weighted by atomic mass is 9.78. The van der Waals surface area contributed by atoms with Gasteiger partial charge in [0.2, 0.25) is 0 Å². The Morgan fingerprint density at radius 3 is 2.42 bits per heavy atom. The normalized spacial score (nSPS) is 19.7. The summed E-state index contributed by atoms with van der Waals surface area (Å²) in [6.07, 6.45) is 5.21. The number of aryl methyl sites for hydroxylation is 1. The molecule has 19 heavy (non-hydrogen) atoms. The number of hydrogen-bond donors (Lipinski definition) is 0. The van der Waals surface area contributed by atoms with Crippen LogP contribution >= 0.6 is 0 Å². The predicted octanol–water partition coefficient (Wildman–Crippen LogP) is 4.99. The van der Waals surface area contributed by atoms with Crippen molar-refractivity contribution in [3.05, 3.63) is 71.3 Å². The molecule has 0 nitrogen and oxygen atoms in total. The molecule has 2 atom stereocenters. The first-order valence-corrected chi connectivity index (χ1v) is 7.44. The summed E-state index contributed by atoms with van der Waals surface area (Å²) in [5, 5.41) is 0. The number of hydrogen-bond acceptors (Lipinski definition) is 0. The third-order valence-corrected chi connectivity index (χ3v) is 4.50. The highest BCUT2D eigenvalue weighted by atomic mass is 14.3. The molecule has 0 fully saturated rings. The smallest absolute Gasteiger partial charge is 0.0188 e. The van der Waals surface area contributed by atoms with Crippen molar-refractivity contribution in [3.63, 3.8) is 0 Å². The fourth-order valence-electron chi connectivity index (χ4n) is 3.39. The highest BCUT2D eigenvalue weighted by molar-refractivity contribution is 5.30. The minimum absolute atomic E-state index is 0.677. The van der Waals surface area contributed by atoms with Crippen LogP contribution in [0, 0.1) is 5.92 Å². The standard InChI is InChI=1S/C19H22/c1-15(17-7-3-2-4-8-17)13-16-11-12-18-9-5-6-10-19(18)14-16/h2-10,15-16H,11-14H2,1H3. The van der Waals surface area contributed by atoms with Gasteiger partial charge in [-0.25, -0.2) is 0 Å². The molecular weight excluding hydrogens is 228 g/mol. The van der Waals surface area contributed by atoms with Crippen LogP contribution in [0.1, 0.15) is 42.4 Å². The van der Waals surface area contributed by atoms with E-state index >= 15 is 0 Å². The maximum Gasteiger partial charge on any atom is -0.0188 e. The van der Waals surface area contributed by atoms with Gasteiger partial charge in [0.05, 0.1) is 0 Å². The zero-order valence-electron chi connectivity index (χ0n) is 11.7. The van der Waals surface area contributed by atoms with Gasteiger partial charge in [-0.2, -0.15) is 0 Å². The Bertz CT molecular complexity index is 527. The molecule has 1 aliphatic carbocycles. The third-order valence-electron chi connectivity index (χ3n) is 4.50. The van der Waals surface area contributed by atoms with Crippen LogP contribution in [0.3, 0.4) is 0 Å². The first-order chi connectivity index (χ1) is 9.33. The van der Waals surface area contributed by atoms with Crippen LogP contribution in [0.25, 0.3) is 0 Å². The van der Waals surface area contributed by atoms with Crippen LogP contribution in [-0.4, -0.2) is 0 Å². The van der Waals surface area contributed by atoms with E-state index in [1.807, 2.05) is 0 Å². The van der Waals surface area contributed by atoms with Gasteiger partial charge in [0.25, 0.3) is 0 Å². The van der Waals surface area contributed by atoms with Crippen molar-refractivity contribution in [3.8, 4) is 0 Å². The summed E-state index contributed by atoms with van der Waals surface area (Å²) in [4.78, 5) is 0. The van der Waals surface area contributed by atoms with Crippen LogP contribution in [-0.2, 0) is 12.8 Å². The van der Waals surface area contributed by atoms with Crippen molar-refractivity contribution in [2.75, 3.05) is 0 Å². The lowest BCUT2D eigenvalue weighted by Crippen LogP contribution is -2.16. The lowest BCUT2D eigenvalue weighted by molar-refractivity contribution is 0.399. The maximum atomic E-state index is 2.37. The summed E-state index contributed by atoms with van der Waals surface area (Å²) in [6.45, 7) is 2.37. The molecule has 2 aromatic carbocycles. The highest BCUT2D eigenvalue weighted by Gasteiger charge is 2.20. The second-order valence-corrected chi connectivity index (χ2v) is 5.92. The van der Waals surface area contributed by atoms with E-state index in [1.165, 1.54) is 31.2 Å². The van der Waals surface area contributed by atoms with Crippen molar-refractivity contribution in [2.24, 2.45) is 5.92 Å². The average Bonchev–Trinajstić information content (AvgIpc) is 2.48. The first kappa shape index (κ1) is 12.5. The van der Waals surface area contributed by atoms with E-state index in [-0.39, 0.29) is 0 Å². The van der Waals surface area contributed by atoms with Crippen molar-refractivity contribution in [1.82, 2.24) is 0 Å². The Morgan fingerprint density at radius 1 is 0.947 bits per heavy atom. The molecule has 3 rings (SSSR count). The zero-order chi connectivity index (χ0) is 13.1. The van der Waals surface area contributed by atoms with Gasteiger partial charge in [-0.15, -0.1) is 0 Å². The Balaban J connectivity index is 1.66. The van der Waals surface area contributed by atoms with Gasteiger partial charge in [-0.3, -0.25) is 0 Å². The minimum atomic E-state index is 0.677. The molecule has 0 spiro atoms. The van der Waals surface area contributed by atoms with Crippen molar-refractivity contribution < 1.29 is 0 Å². The highest BCUT2D eigenvalue weighted by Crippen LogP contribution is 2.32. The molecule has 0 heterocycles. The van der Waals surface area contributed by atoms with Crippen LogP contribution in [0.4, 0.5) is 0 Å². The number of benzene rings is 2. The van der Waals surface area contributed by atoms with Gasteiger partial charge in [0.15, 0.2) is 0 Å². The first-order valence-electron chi connectivity index (χ1n) is 7.44. The zero-order valence-corrected chi connectivity index (χ0v) is 11.7. The molecule has 1 aliphatic rings. The summed E-state index contributed by atoms with van der Waals surface area (Å²) in [6, 6.07) is 19.9. The summed E-state index contributed by atoms with van der Waals surface area (Å²) >= 11 is 0. The molecule has 0 bridgehead atoms. The van der Waals surface area contributed by atoms with Crippen molar-refractivity contribution in [2.45, 2.75) is 38.5 Å². The summed E-state index contributed by atoms with van der Waals surface area (Å²) < 4.78 is 0. The molecule has 2 aromatic rings. The molecule has 0 aliphatic heterocycles. The average molecular weight is 250 g/mol. The second kappa shape index (κ2) is 5.61. The van der Waals surface area contributed by atoms with Gasteiger partial charge in [0.1, 0.15) is 0 Å². The Hall–Kier alpha value is -1.56. The molecule has 0 N–H and O–H groups in total. The third kappa shape index (κ3) is 2.89. The van der Waals surface area contributed by atoms with E-state index in [2.05, 4.69) is 61.5 Å². The number of rotatable bonds is 3. The van der Waals surface area contributed by atoms with E-state index in [9.17, 15) is 0 Å². The Morgan fingerprint density at radius 2 is 1.63 bits per heavy atom. The molecule has 0 amide bonds. The largest absolute Gasteiger partial charge is 0.0622 e. The van der Waals surface area contributed by atoms with E-state index in [1.54, 1.807) is 11.1 Å². The van der Waals surface area contributed by atoms with Crippen LogP contribution in [0.5, 0.6) is 0 Å². The lowest BCUT2D eigenvalue weighted by Gasteiger charge is -2.27. The van der Waals surface area contributed by atoms with Crippen molar-refractivity contribution in [1.29, 1.82) is 0 Å². The van der Waals surface area contributed by atoms with E-state index in [0.29, 0.717) is 5.92 Å². The van der Waals surface area contributed by atoms with E-state index < -0.39 is 0 Å². The van der Waals surface area contributed by atoms with E-state index in [4.69, 9.17) is 0 Å². The summed E-state index contributed by atoms with van der Waals surface area (Å²) in [5.41, 5.74) is 4.64. The van der Waals surface area contributed by atoms with Gasteiger partial charge in [-0.1, -0.05) is 61.5 Å². The fraction of sp³-hybridized carbons (Fsp3) is 0.368. The van der Waals surface area contributed by atoms with E-state index in [0.717, 1.165) is 5.92 Å².